The molecule has 5 heteroatoms. The molecule has 5 nitrogen and oxygen atoms in total. The van der Waals surface area contributed by atoms with Gasteiger partial charge in [-0.25, -0.2) is 4.79 Å². The van der Waals surface area contributed by atoms with Crippen LogP contribution in [0.2, 0.25) is 0 Å². The molecule has 0 spiro atoms. The van der Waals surface area contributed by atoms with Crippen molar-refractivity contribution in [2.24, 2.45) is 17.8 Å². The molecule has 5 atom stereocenters. The van der Waals surface area contributed by atoms with Crippen LogP contribution < -0.4 is 0 Å². The molecule has 0 saturated carbocycles. The van der Waals surface area contributed by atoms with Crippen LogP contribution in [0.25, 0.3) is 0 Å². The molecule has 0 radical (unpaired) electrons. The van der Waals surface area contributed by atoms with Crippen LogP contribution >= 0.6 is 0 Å². The lowest BCUT2D eigenvalue weighted by atomic mass is 9.79. The van der Waals surface area contributed by atoms with Gasteiger partial charge in [0.1, 0.15) is 5.60 Å². The van der Waals surface area contributed by atoms with Crippen LogP contribution in [0.4, 0.5) is 4.79 Å². The minimum absolute atomic E-state index is 0.179. The van der Waals surface area contributed by atoms with Gasteiger partial charge < -0.3 is 19.8 Å². The van der Waals surface area contributed by atoms with Gasteiger partial charge in [0, 0.05) is 25.3 Å². The van der Waals surface area contributed by atoms with Crippen molar-refractivity contribution in [2.75, 3.05) is 13.2 Å². The highest BCUT2D eigenvalue weighted by atomic mass is 16.6. The molecule has 2 aliphatic rings. The largest absolute Gasteiger partial charge is 0.444 e. The van der Waals surface area contributed by atoms with Gasteiger partial charge >= 0.3 is 6.09 Å². The average Bonchev–Trinajstić information content (AvgIpc) is 2.83. The summed E-state index contributed by atoms with van der Waals surface area (Å²) < 4.78 is 5.78. The number of carbonyl (C=O) groups is 1. The van der Waals surface area contributed by atoms with Crippen molar-refractivity contribution < 1.29 is 19.7 Å². The van der Waals surface area contributed by atoms with E-state index >= 15 is 0 Å². The highest BCUT2D eigenvalue weighted by molar-refractivity contribution is 5.69. The highest BCUT2D eigenvalue weighted by Gasteiger charge is 2.51. The summed E-state index contributed by atoms with van der Waals surface area (Å²) in [5.41, 5.74) is -0.494. The molecular formula is C21H39NO4. The number of amides is 1. The number of hydrogen-bond acceptors (Lipinski definition) is 4. The summed E-state index contributed by atoms with van der Waals surface area (Å²) in [6.45, 7) is 8.45. The maximum Gasteiger partial charge on any atom is 0.410 e. The molecule has 0 aromatic rings. The Morgan fingerprint density at radius 2 is 1.62 bits per heavy atom. The molecule has 0 aliphatic carbocycles. The predicted octanol–water partition coefficient (Wildman–Crippen LogP) is 3.96. The first-order valence-electron chi connectivity index (χ1n) is 10.5. The van der Waals surface area contributed by atoms with Crippen molar-refractivity contribution in [1.29, 1.82) is 0 Å². The first-order chi connectivity index (χ1) is 12.3. The van der Waals surface area contributed by atoms with Gasteiger partial charge in [0.2, 0.25) is 0 Å². The molecule has 152 valence electrons. The summed E-state index contributed by atoms with van der Waals surface area (Å²) >= 11 is 0. The molecule has 2 rings (SSSR count). The zero-order valence-corrected chi connectivity index (χ0v) is 17.1. The Morgan fingerprint density at radius 3 is 2.15 bits per heavy atom. The van der Waals surface area contributed by atoms with E-state index in [9.17, 15) is 15.0 Å². The quantitative estimate of drug-likeness (QED) is 0.743. The van der Waals surface area contributed by atoms with E-state index in [4.69, 9.17) is 4.74 Å². The van der Waals surface area contributed by atoms with Crippen LogP contribution in [-0.4, -0.2) is 52.1 Å². The third-order valence-electron chi connectivity index (χ3n) is 6.09. The number of aliphatic hydroxyl groups excluding tert-OH is 2. The molecule has 3 unspecified atom stereocenters. The van der Waals surface area contributed by atoms with Gasteiger partial charge in [0.15, 0.2) is 0 Å². The third-order valence-corrected chi connectivity index (χ3v) is 6.09. The van der Waals surface area contributed by atoms with Gasteiger partial charge in [0.05, 0.1) is 0 Å². The predicted molar refractivity (Wildman–Crippen MR) is 103 cm³/mol. The molecule has 26 heavy (non-hydrogen) atoms. The first kappa shape index (κ1) is 21.5. The Morgan fingerprint density at radius 1 is 1.04 bits per heavy atom. The molecule has 1 amide bonds. The zero-order chi connectivity index (χ0) is 19.3. The van der Waals surface area contributed by atoms with E-state index in [2.05, 4.69) is 11.8 Å². The van der Waals surface area contributed by atoms with Crippen LogP contribution in [-0.2, 0) is 4.74 Å². The van der Waals surface area contributed by atoms with E-state index in [1.807, 2.05) is 20.8 Å². The van der Waals surface area contributed by atoms with Gasteiger partial charge in [0.25, 0.3) is 0 Å². The van der Waals surface area contributed by atoms with E-state index in [1.165, 1.54) is 6.42 Å². The van der Waals surface area contributed by atoms with Crippen molar-refractivity contribution in [1.82, 2.24) is 4.90 Å². The average molecular weight is 370 g/mol. The van der Waals surface area contributed by atoms with Crippen LogP contribution in [0, 0.1) is 17.8 Å². The first-order valence-corrected chi connectivity index (χ1v) is 10.5. The van der Waals surface area contributed by atoms with Crippen LogP contribution in [0.1, 0.15) is 79.1 Å². The Bertz CT molecular complexity index is 448. The molecule has 2 saturated heterocycles. The summed E-state index contributed by atoms with van der Waals surface area (Å²) in [5.74, 6) is 1.39. The van der Waals surface area contributed by atoms with Crippen molar-refractivity contribution in [3.8, 4) is 0 Å². The Kier molecular flexibility index (Phi) is 7.77. The molecule has 2 heterocycles. The Labute approximate surface area is 159 Å². The number of hydrogen-bond donors (Lipinski definition) is 2. The summed E-state index contributed by atoms with van der Waals surface area (Å²) in [5, 5.41) is 18.7. The van der Waals surface area contributed by atoms with Crippen molar-refractivity contribution in [3.63, 3.8) is 0 Å². The fourth-order valence-corrected chi connectivity index (χ4v) is 5.13. The third kappa shape index (κ3) is 5.35. The second-order valence-electron chi connectivity index (χ2n) is 9.35. The number of fused-ring (bicyclic) bond motifs is 2. The molecule has 2 fully saturated rings. The van der Waals surface area contributed by atoms with Gasteiger partial charge in [-0.05, 0) is 77.0 Å². The van der Waals surface area contributed by atoms with Gasteiger partial charge in [-0.3, -0.25) is 0 Å². The van der Waals surface area contributed by atoms with E-state index in [-0.39, 0.29) is 31.4 Å². The summed E-state index contributed by atoms with van der Waals surface area (Å²) in [7, 11) is 0. The Hall–Kier alpha value is -0.810. The number of aliphatic hydroxyl groups is 2. The SMILES string of the molecule is CC1CCCC2[C@@H](CCCO)[C@H](CCCO)C(C1)N2C(=O)OC(C)(C)C. The van der Waals surface area contributed by atoms with E-state index in [0.717, 1.165) is 44.9 Å². The van der Waals surface area contributed by atoms with Gasteiger partial charge in [-0.15, -0.1) is 0 Å². The summed E-state index contributed by atoms with van der Waals surface area (Å²) in [4.78, 5) is 15.2. The molecule has 0 aromatic carbocycles. The number of ether oxygens (including phenoxy) is 1. The molecule has 2 N–H and O–H groups in total. The van der Waals surface area contributed by atoms with Crippen molar-refractivity contribution >= 4 is 6.09 Å². The van der Waals surface area contributed by atoms with Crippen LogP contribution in [0.3, 0.4) is 0 Å². The molecular weight excluding hydrogens is 330 g/mol. The molecule has 2 bridgehead atoms. The highest BCUT2D eigenvalue weighted by Crippen LogP contribution is 2.47. The topological polar surface area (TPSA) is 70.0 Å². The maximum atomic E-state index is 13.1. The minimum atomic E-state index is -0.494. The summed E-state index contributed by atoms with van der Waals surface area (Å²) in [6, 6.07) is 0.401. The fourth-order valence-electron chi connectivity index (χ4n) is 5.13. The molecule has 0 aromatic heterocycles. The van der Waals surface area contributed by atoms with Gasteiger partial charge in [-0.1, -0.05) is 19.8 Å². The normalized spacial score (nSPS) is 32.2. The number of rotatable bonds is 6. The smallest absolute Gasteiger partial charge is 0.410 e. The number of nitrogens with zero attached hydrogens (tertiary/aromatic N) is 1. The monoisotopic (exact) mass is 369 g/mol. The second-order valence-corrected chi connectivity index (χ2v) is 9.35. The lowest BCUT2D eigenvalue weighted by molar-refractivity contribution is 0.00638. The number of carbonyl (C=O) groups excluding carboxylic acids is 1. The summed E-state index contributed by atoms with van der Waals surface area (Å²) in [6.07, 6.45) is 7.66. The lowest BCUT2D eigenvalue weighted by Crippen LogP contribution is -2.47. The minimum Gasteiger partial charge on any atom is -0.444 e. The second kappa shape index (κ2) is 9.41. The van der Waals surface area contributed by atoms with Gasteiger partial charge in [-0.2, -0.15) is 0 Å². The zero-order valence-electron chi connectivity index (χ0n) is 17.1. The van der Waals surface area contributed by atoms with Crippen LogP contribution in [0.5, 0.6) is 0 Å². The Balaban J connectivity index is 2.32. The van der Waals surface area contributed by atoms with E-state index < -0.39 is 5.60 Å². The van der Waals surface area contributed by atoms with E-state index in [0.29, 0.717) is 17.8 Å². The van der Waals surface area contributed by atoms with Crippen molar-refractivity contribution in [2.45, 2.75) is 96.7 Å². The van der Waals surface area contributed by atoms with E-state index in [1.54, 1.807) is 0 Å². The standard InChI is InChI=1S/C21H39NO4/c1-15-8-5-11-18-16(9-6-12-23)17(10-7-13-24)19(14-15)22(18)20(25)26-21(2,3)4/h15-19,23-24H,5-14H2,1-4H3/t15?,16-,17-,18?,19?/m0/s1. The lowest BCUT2D eigenvalue weighted by Gasteiger charge is -2.36. The fraction of sp³-hybridized carbons (Fsp3) is 0.952. The van der Waals surface area contributed by atoms with Crippen LogP contribution in [0.15, 0.2) is 0 Å². The maximum absolute atomic E-state index is 13.1. The molecule has 2 aliphatic heterocycles. The van der Waals surface area contributed by atoms with Crippen molar-refractivity contribution in [3.05, 3.63) is 0 Å².